The molecule has 0 N–H and O–H groups in total. The fourth-order valence-electron chi connectivity index (χ4n) is 7.06. The third-order valence-electron chi connectivity index (χ3n) is 9.82. The Morgan fingerprint density at radius 3 is 2.34 bits per heavy atom. The normalized spacial score (nSPS) is 32.0. The first kappa shape index (κ1) is 31.1. The van der Waals surface area contributed by atoms with Crippen LogP contribution in [0.1, 0.15) is 99.8 Å². The van der Waals surface area contributed by atoms with Crippen LogP contribution in [0.3, 0.4) is 0 Å². The van der Waals surface area contributed by atoms with Gasteiger partial charge in [-0.1, -0.05) is 66.7 Å². The highest BCUT2D eigenvalue weighted by molar-refractivity contribution is 6.48. The van der Waals surface area contributed by atoms with Crippen LogP contribution in [0.15, 0.2) is 23.8 Å². The van der Waals surface area contributed by atoms with Gasteiger partial charge in [0.1, 0.15) is 18.3 Å². The molecular weight excluding hydrogens is 492 g/mol. The summed E-state index contributed by atoms with van der Waals surface area (Å²) in [7, 11) is -1.37. The molecule has 0 aromatic rings. The average Bonchev–Trinajstić information content (AvgIpc) is 2.85. The van der Waals surface area contributed by atoms with Gasteiger partial charge in [-0.2, -0.15) is 0 Å². The molecule has 3 aliphatic rings. The highest BCUT2D eigenvalue weighted by atomic mass is 28.3. The fourth-order valence-corrected chi connectivity index (χ4v) is 7.94. The predicted octanol–water partition coefficient (Wildman–Crippen LogP) is 7.40. The monoisotopic (exact) mass is 546 g/mol. The Bertz CT molecular complexity index is 873. The van der Waals surface area contributed by atoms with E-state index >= 15 is 0 Å². The van der Waals surface area contributed by atoms with Crippen LogP contribution in [0.4, 0.5) is 0 Å². The zero-order valence-electron chi connectivity index (χ0n) is 25.5. The van der Waals surface area contributed by atoms with Gasteiger partial charge in [-0.3, -0.25) is 4.79 Å². The van der Waals surface area contributed by atoms with Gasteiger partial charge in [-0.25, -0.2) is 4.79 Å². The van der Waals surface area contributed by atoms with E-state index in [1.807, 2.05) is 0 Å². The number of ether oxygens (including phenoxy) is 2. The molecule has 1 heterocycles. The van der Waals surface area contributed by atoms with Crippen LogP contribution in [0.2, 0.25) is 13.1 Å². The van der Waals surface area contributed by atoms with Gasteiger partial charge in [0.05, 0.1) is 5.41 Å². The average molecular weight is 547 g/mol. The second-order valence-corrected chi connectivity index (χ2v) is 15.8. The standard InChI is InChI=1S/C32H54O5Si/c1-10-32(11-2,12-3)30(34)36-26-15-13-14-22-17-16-21(4)24(27(22)26)19-18-23-20-25(31(5,6)7)28(29(33)35-23)37-38(8)9/h14,16-17,21,23-28,38H,10-13,15,18-20H2,1-9H3/t21-,23+,24-,25-,26-,27-,28?/m0/s1. The first-order chi connectivity index (χ1) is 17.9. The van der Waals surface area contributed by atoms with Gasteiger partial charge in [0.25, 0.3) is 0 Å². The summed E-state index contributed by atoms with van der Waals surface area (Å²) in [5.41, 5.74) is 0.897. The number of hydrogen-bond acceptors (Lipinski definition) is 5. The second kappa shape index (κ2) is 12.8. The van der Waals surface area contributed by atoms with Crippen molar-refractivity contribution < 1.29 is 23.5 Å². The Morgan fingerprint density at radius 2 is 1.76 bits per heavy atom. The summed E-state index contributed by atoms with van der Waals surface area (Å²) in [4.78, 5) is 26.5. The van der Waals surface area contributed by atoms with Crippen molar-refractivity contribution in [2.75, 3.05) is 0 Å². The van der Waals surface area contributed by atoms with Gasteiger partial charge >= 0.3 is 11.9 Å². The highest BCUT2D eigenvalue weighted by Gasteiger charge is 2.46. The Hall–Kier alpha value is -1.40. The number of cyclic esters (lactones) is 1. The molecule has 1 unspecified atom stereocenters. The molecule has 5 nitrogen and oxygen atoms in total. The molecule has 7 atom stereocenters. The molecule has 6 heteroatoms. The summed E-state index contributed by atoms with van der Waals surface area (Å²) in [6.07, 6.45) is 13.2. The van der Waals surface area contributed by atoms with Crippen LogP contribution >= 0.6 is 0 Å². The number of carbonyl (C=O) groups is 2. The van der Waals surface area contributed by atoms with Crippen LogP contribution in [-0.2, 0) is 23.5 Å². The Morgan fingerprint density at radius 1 is 1.11 bits per heavy atom. The zero-order valence-corrected chi connectivity index (χ0v) is 26.7. The van der Waals surface area contributed by atoms with E-state index in [1.165, 1.54) is 5.57 Å². The summed E-state index contributed by atoms with van der Waals surface area (Å²) in [6.45, 7) is 19.4. The first-order valence-electron chi connectivity index (χ1n) is 15.3. The third kappa shape index (κ3) is 6.83. The zero-order chi connectivity index (χ0) is 28.3. The maximum atomic E-state index is 13.4. The van der Waals surface area contributed by atoms with Crippen molar-refractivity contribution in [3.05, 3.63) is 23.8 Å². The molecule has 1 fully saturated rings. The molecule has 2 aliphatic carbocycles. The van der Waals surface area contributed by atoms with Crippen LogP contribution in [0.25, 0.3) is 0 Å². The molecule has 0 radical (unpaired) electrons. The third-order valence-corrected chi connectivity index (χ3v) is 10.7. The number of esters is 2. The molecule has 0 saturated carbocycles. The summed E-state index contributed by atoms with van der Waals surface area (Å²) < 4.78 is 18.6. The highest BCUT2D eigenvalue weighted by Crippen LogP contribution is 2.46. The van der Waals surface area contributed by atoms with Crippen molar-refractivity contribution in [3.8, 4) is 0 Å². The van der Waals surface area contributed by atoms with Crippen LogP contribution in [0.5, 0.6) is 0 Å². The van der Waals surface area contributed by atoms with Gasteiger partial charge < -0.3 is 13.9 Å². The SMILES string of the molecule is CCC(CC)(CC)C(=O)O[C@H]1CCC=C2C=C[C@H](C)[C@H](CC[C@@H]3C[C@H](C(C)(C)C)C(O[SiH](C)C)C(=O)O3)[C@H]21. The van der Waals surface area contributed by atoms with Crippen LogP contribution in [-0.4, -0.2) is 39.3 Å². The predicted molar refractivity (Wildman–Crippen MR) is 156 cm³/mol. The van der Waals surface area contributed by atoms with E-state index in [2.05, 4.69) is 79.8 Å². The lowest BCUT2D eigenvalue weighted by atomic mass is 9.66. The van der Waals surface area contributed by atoms with E-state index in [0.717, 1.165) is 51.4 Å². The minimum absolute atomic E-state index is 0.0221. The molecule has 0 bridgehead atoms. The van der Waals surface area contributed by atoms with E-state index in [9.17, 15) is 9.59 Å². The van der Waals surface area contributed by atoms with Gasteiger partial charge in [-0.15, -0.1) is 0 Å². The van der Waals surface area contributed by atoms with Crippen molar-refractivity contribution in [2.45, 2.75) is 131 Å². The molecule has 0 amide bonds. The number of rotatable bonds is 10. The van der Waals surface area contributed by atoms with Crippen molar-refractivity contribution in [3.63, 3.8) is 0 Å². The molecule has 3 rings (SSSR count). The largest absolute Gasteiger partial charge is 0.461 e. The summed E-state index contributed by atoms with van der Waals surface area (Å²) in [5, 5.41) is 0. The maximum absolute atomic E-state index is 13.4. The molecule has 0 aromatic carbocycles. The van der Waals surface area contributed by atoms with Gasteiger partial charge in [0.15, 0.2) is 9.04 Å². The molecule has 1 saturated heterocycles. The van der Waals surface area contributed by atoms with Gasteiger partial charge in [-0.05, 0) is 87.3 Å². The van der Waals surface area contributed by atoms with Gasteiger partial charge in [0, 0.05) is 11.8 Å². The number of hydrogen-bond donors (Lipinski definition) is 0. The van der Waals surface area contributed by atoms with E-state index in [-0.39, 0.29) is 46.8 Å². The van der Waals surface area contributed by atoms with E-state index < -0.39 is 15.1 Å². The quantitative estimate of drug-likeness (QED) is 0.211. The molecule has 38 heavy (non-hydrogen) atoms. The fraction of sp³-hybridized carbons (Fsp3) is 0.812. The van der Waals surface area contributed by atoms with Crippen molar-refractivity contribution in [1.82, 2.24) is 0 Å². The first-order valence-corrected chi connectivity index (χ1v) is 18.1. The minimum atomic E-state index is -1.37. The number of fused-ring (bicyclic) bond motifs is 1. The summed E-state index contributed by atoms with van der Waals surface area (Å²) in [6, 6.07) is 0. The Kier molecular flexibility index (Phi) is 10.5. The maximum Gasteiger partial charge on any atom is 0.334 e. The lowest BCUT2D eigenvalue weighted by Gasteiger charge is -2.44. The minimum Gasteiger partial charge on any atom is -0.461 e. The summed E-state index contributed by atoms with van der Waals surface area (Å²) in [5.74, 6) is 0.885. The lowest BCUT2D eigenvalue weighted by Crippen LogP contribution is -2.50. The second-order valence-electron chi connectivity index (χ2n) is 13.4. The van der Waals surface area contributed by atoms with Crippen molar-refractivity contribution in [2.24, 2.45) is 34.5 Å². The van der Waals surface area contributed by atoms with Crippen molar-refractivity contribution >= 4 is 21.0 Å². The Labute approximate surface area is 233 Å². The van der Waals surface area contributed by atoms with Crippen LogP contribution in [0, 0.1) is 34.5 Å². The summed E-state index contributed by atoms with van der Waals surface area (Å²) >= 11 is 0. The molecular formula is C32H54O5Si. The Balaban J connectivity index is 1.76. The van der Waals surface area contributed by atoms with Gasteiger partial charge in [0.2, 0.25) is 0 Å². The van der Waals surface area contributed by atoms with E-state index in [1.54, 1.807) is 0 Å². The lowest BCUT2D eigenvalue weighted by molar-refractivity contribution is -0.177. The van der Waals surface area contributed by atoms with E-state index in [4.69, 9.17) is 13.9 Å². The molecule has 0 aromatic heterocycles. The van der Waals surface area contributed by atoms with Crippen LogP contribution < -0.4 is 0 Å². The number of carbonyl (C=O) groups excluding carboxylic acids is 2. The van der Waals surface area contributed by atoms with E-state index in [0.29, 0.717) is 11.8 Å². The smallest absolute Gasteiger partial charge is 0.334 e. The molecule has 216 valence electrons. The molecule has 0 spiro atoms. The topological polar surface area (TPSA) is 61.8 Å². The number of allylic oxidation sites excluding steroid dienone is 3. The molecule has 1 aliphatic heterocycles. The van der Waals surface area contributed by atoms with Crippen molar-refractivity contribution in [1.29, 1.82) is 0 Å².